The molecule has 0 saturated carbocycles. The molecule has 1 aromatic heterocycles. The molecule has 4 nitrogen and oxygen atoms in total. The largest absolute Gasteiger partial charge is 0.391 e. The molecule has 2 atom stereocenters. The lowest BCUT2D eigenvalue weighted by Gasteiger charge is -2.17. The second-order valence-corrected chi connectivity index (χ2v) is 3.96. The van der Waals surface area contributed by atoms with E-state index in [1.54, 1.807) is 0 Å². The highest BCUT2D eigenvalue weighted by Gasteiger charge is 2.29. The van der Waals surface area contributed by atoms with Crippen LogP contribution in [0.3, 0.4) is 0 Å². The van der Waals surface area contributed by atoms with Crippen LogP contribution >= 0.6 is 0 Å². The molecule has 0 bridgehead atoms. The lowest BCUT2D eigenvalue weighted by molar-refractivity contribution is 0.157. The van der Waals surface area contributed by atoms with E-state index in [4.69, 9.17) is 0 Å². The first-order valence-corrected chi connectivity index (χ1v) is 5.16. The minimum Gasteiger partial charge on any atom is -0.391 e. The fourth-order valence-electron chi connectivity index (χ4n) is 1.94. The Morgan fingerprint density at radius 3 is 2.93 bits per heavy atom. The summed E-state index contributed by atoms with van der Waals surface area (Å²) in [6, 6.07) is 0. The maximum Gasteiger partial charge on any atom is 0.205 e. The number of anilines is 1. The summed E-state index contributed by atoms with van der Waals surface area (Å²) in [7, 11) is 0. The standard InChI is InChI=1S/C10H17N3O/c1-3-12-5-4-11-10(12)13-6-8(2)9(14)7-13/h4-5,8-9,14H,3,6-7H2,1-2H3. The monoisotopic (exact) mass is 195 g/mol. The molecule has 0 spiro atoms. The molecule has 4 heteroatoms. The molecule has 14 heavy (non-hydrogen) atoms. The van der Waals surface area contributed by atoms with Crippen molar-refractivity contribution in [2.75, 3.05) is 18.0 Å². The van der Waals surface area contributed by atoms with Crippen molar-refractivity contribution in [3.8, 4) is 0 Å². The molecular weight excluding hydrogens is 178 g/mol. The number of aryl methyl sites for hydroxylation is 1. The Morgan fingerprint density at radius 1 is 1.57 bits per heavy atom. The SMILES string of the molecule is CCn1ccnc1N1CC(C)C(O)C1. The van der Waals surface area contributed by atoms with Gasteiger partial charge in [-0.25, -0.2) is 4.98 Å². The lowest BCUT2D eigenvalue weighted by atomic mass is 10.1. The molecule has 1 aromatic rings. The van der Waals surface area contributed by atoms with Crippen LogP contribution in [0.2, 0.25) is 0 Å². The van der Waals surface area contributed by atoms with Gasteiger partial charge in [0.2, 0.25) is 5.95 Å². The summed E-state index contributed by atoms with van der Waals surface area (Å²) in [5.41, 5.74) is 0. The van der Waals surface area contributed by atoms with Crippen molar-refractivity contribution < 1.29 is 5.11 Å². The van der Waals surface area contributed by atoms with Crippen LogP contribution in [-0.4, -0.2) is 33.9 Å². The van der Waals surface area contributed by atoms with Gasteiger partial charge in [-0.05, 0) is 6.92 Å². The zero-order valence-corrected chi connectivity index (χ0v) is 8.72. The summed E-state index contributed by atoms with van der Waals surface area (Å²) in [5.74, 6) is 1.33. The second kappa shape index (κ2) is 3.61. The van der Waals surface area contributed by atoms with E-state index < -0.39 is 0 Å². The molecule has 1 aliphatic heterocycles. The fraction of sp³-hybridized carbons (Fsp3) is 0.700. The van der Waals surface area contributed by atoms with Crippen molar-refractivity contribution in [1.82, 2.24) is 9.55 Å². The van der Waals surface area contributed by atoms with Crippen molar-refractivity contribution in [1.29, 1.82) is 0 Å². The van der Waals surface area contributed by atoms with Gasteiger partial charge in [-0.15, -0.1) is 0 Å². The van der Waals surface area contributed by atoms with Crippen molar-refractivity contribution in [3.05, 3.63) is 12.4 Å². The second-order valence-electron chi connectivity index (χ2n) is 3.96. The van der Waals surface area contributed by atoms with Crippen LogP contribution in [0.25, 0.3) is 0 Å². The number of hydrogen-bond acceptors (Lipinski definition) is 3. The lowest BCUT2D eigenvalue weighted by Crippen LogP contribution is -2.24. The Hall–Kier alpha value is -1.03. The molecule has 2 unspecified atom stereocenters. The number of rotatable bonds is 2. The molecular formula is C10H17N3O. The molecule has 0 amide bonds. The van der Waals surface area contributed by atoms with Crippen molar-refractivity contribution in [3.63, 3.8) is 0 Å². The Labute approximate surface area is 84.2 Å². The summed E-state index contributed by atoms with van der Waals surface area (Å²) in [6.45, 7) is 6.71. The number of aliphatic hydroxyl groups excluding tert-OH is 1. The Bertz CT molecular complexity index is 300. The first kappa shape index (κ1) is 9.52. The third-order valence-corrected chi connectivity index (χ3v) is 2.89. The highest BCUT2D eigenvalue weighted by molar-refractivity contribution is 5.33. The van der Waals surface area contributed by atoms with E-state index in [1.165, 1.54) is 0 Å². The van der Waals surface area contributed by atoms with Gasteiger partial charge < -0.3 is 14.6 Å². The molecule has 2 rings (SSSR count). The summed E-state index contributed by atoms with van der Waals surface area (Å²) >= 11 is 0. The minimum absolute atomic E-state index is 0.211. The van der Waals surface area contributed by atoms with Crippen LogP contribution in [0.5, 0.6) is 0 Å². The zero-order valence-electron chi connectivity index (χ0n) is 8.72. The maximum absolute atomic E-state index is 9.65. The third-order valence-electron chi connectivity index (χ3n) is 2.89. The van der Waals surface area contributed by atoms with E-state index in [2.05, 4.69) is 28.3 Å². The predicted molar refractivity (Wildman–Crippen MR) is 55.3 cm³/mol. The highest BCUT2D eigenvalue weighted by Crippen LogP contribution is 2.22. The first-order chi connectivity index (χ1) is 6.72. The third kappa shape index (κ3) is 1.50. The quantitative estimate of drug-likeness (QED) is 0.756. The number of nitrogens with zero attached hydrogens (tertiary/aromatic N) is 3. The van der Waals surface area contributed by atoms with Crippen LogP contribution in [0.4, 0.5) is 5.95 Å². The normalized spacial score (nSPS) is 27.2. The molecule has 78 valence electrons. The van der Waals surface area contributed by atoms with Gasteiger partial charge in [0.25, 0.3) is 0 Å². The van der Waals surface area contributed by atoms with Gasteiger partial charge in [-0.3, -0.25) is 0 Å². The number of aromatic nitrogens is 2. The van der Waals surface area contributed by atoms with E-state index in [1.807, 2.05) is 12.4 Å². The van der Waals surface area contributed by atoms with Crippen LogP contribution in [-0.2, 0) is 6.54 Å². The van der Waals surface area contributed by atoms with Crippen molar-refractivity contribution in [2.45, 2.75) is 26.5 Å². The number of β-amino-alcohol motifs (C(OH)–C–C–N with tert-alkyl or cyclic N) is 1. The van der Waals surface area contributed by atoms with E-state index >= 15 is 0 Å². The van der Waals surface area contributed by atoms with Crippen LogP contribution in [0, 0.1) is 5.92 Å². The Kier molecular flexibility index (Phi) is 2.46. The highest BCUT2D eigenvalue weighted by atomic mass is 16.3. The topological polar surface area (TPSA) is 41.3 Å². The molecule has 1 saturated heterocycles. The van der Waals surface area contributed by atoms with Gasteiger partial charge in [-0.1, -0.05) is 6.92 Å². The average molecular weight is 195 g/mol. The molecule has 1 fully saturated rings. The summed E-state index contributed by atoms with van der Waals surface area (Å²) in [5, 5.41) is 9.65. The van der Waals surface area contributed by atoms with E-state index in [9.17, 15) is 5.11 Å². The van der Waals surface area contributed by atoms with Gasteiger partial charge in [0.1, 0.15) is 0 Å². The molecule has 0 radical (unpaired) electrons. The van der Waals surface area contributed by atoms with Crippen molar-refractivity contribution in [2.24, 2.45) is 5.92 Å². The fourth-order valence-corrected chi connectivity index (χ4v) is 1.94. The van der Waals surface area contributed by atoms with Crippen LogP contribution < -0.4 is 4.90 Å². The van der Waals surface area contributed by atoms with Gasteiger partial charge in [0.15, 0.2) is 0 Å². The van der Waals surface area contributed by atoms with Crippen LogP contribution in [0.15, 0.2) is 12.4 Å². The minimum atomic E-state index is -0.211. The Balaban J connectivity index is 2.16. The molecule has 1 N–H and O–H groups in total. The maximum atomic E-state index is 9.65. The van der Waals surface area contributed by atoms with Crippen LogP contribution in [0.1, 0.15) is 13.8 Å². The molecule has 1 aliphatic rings. The molecule has 0 aromatic carbocycles. The van der Waals surface area contributed by atoms with E-state index in [-0.39, 0.29) is 6.10 Å². The smallest absolute Gasteiger partial charge is 0.205 e. The van der Waals surface area contributed by atoms with Gasteiger partial charge in [-0.2, -0.15) is 0 Å². The number of imidazole rings is 1. The van der Waals surface area contributed by atoms with Gasteiger partial charge in [0.05, 0.1) is 6.10 Å². The summed E-state index contributed by atoms with van der Waals surface area (Å²) < 4.78 is 2.10. The average Bonchev–Trinajstić information content (AvgIpc) is 2.73. The predicted octanol–water partition coefficient (Wildman–Crippen LogP) is 0.720. The van der Waals surface area contributed by atoms with Gasteiger partial charge in [0, 0.05) is 37.9 Å². The van der Waals surface area contributed by atoms with Gasteiger partial charge >= 0.3 is 0 Å². The molecule has 0 aliphatic carbocycles. The summed E-state index contributed by atoms with van der Waals surface area (Å²) in [6.07, 6.45) is 3.58. The van der Waals surface area contributed by atoms with E-state index in [0.29, 0.717) is 12.5 Å². The number of hydrogen-bond donors (Lipinski definition) is 1. The summed E-state index contributed by atoms with van der Waals surface area (Å²) in [4.78, 5) is 6.47. The molecule has 2 heterocycles. The first-order valence-electron chi connectivity index (χ1n) is 5.16. The van der Waals surface area contributed by atoms with E-state index in [0.717, 1.165) is 19.0 Å². The van der Waals surface area contributed by atoms with Crippen molar-refractivity contribution >= 4 is 5.95 Å². The number of aliphatic hydroxyl groups is 1. The zero-order chi connectivity index (χ0) is 10.1. The Morgan fingerprint density at radius 2 is 2.36 bits per heavy atom.